The summed E-state index contributed by atoms with van der Waals surface area (Å²) in [6.45, 7) is 1.71. The molecule has 0 bridgehead atoms. The molecule has 0 N–H and O–H groups in total. The topological polar surface area (TPSA) is 23.1 Å². The molecule has 0 unspecified atom stereocenters. The van der Waals surface area contributed by atoms with Crippen molar-refractivity contribution in [2.45, 2.75) is 12.5 Å². The summed E-state index contributed by atoms with van der Waals surface area (Å²) in [7, 11) is 0. The molecule has 0 aliphatic heterocycles. The SMILES string of the molecule is CC([O-])(c1ccccc1)c1ccccc1.[Cl-].[Mg+2]. The maximum Gasteiger partial charge on any atom is 2.00 e. The van der Waals surface area contributed by atoms with E-state index in [2.05, 4.69) is 0 Å². The predicted molar refractivity (Wildman–Crippen MR) is 65.1 cm³/mol. The average Bonchev–Trinajstić information content (AvgIpc) is 2.31. The Labute approximate surface area is 124 Å². The first-order chi connectivity index (χ1) is 7.21. The first-order valence-corrected chi connectivity index (χ1v) is 5.03. The van der Waals surface area contributed by atoms with Crippen molar-refractivity contribution in [1.82, 2.24) is 0 Å². The maximum atomic E-state index is 12.5. The van der Waals surface area contributed by atoms with Gasteiger partial charge in [0.25, 0.3) is 0 Å². The molecule has 2 aromatic carbocycles. The Balaban J connectivity index is 0.00000128. The fourth-order valence-electron chi connectivity index (χ4n) is 1.68. The van der Waals surface area contributed by atoms with Crippen LogP contribution in [-0.4, -0.2) is 23.1 Å². The second kappa shape index (κ2) is 7.02. The van der Waals surface area contributed by atoms with E-state index in [1.54, 1.807) is 6.92 Å². The van der Waals surface area contributed by atoms with Crippen molar-refractivity contribution in [2.24, 2.45) is 0 Å². The van der Waals surface area contributed by atoms with Gasteiger partial charge in [-0.05, 0) is 0 Å². The molecule has 0 atom stereocenters. The van der Waals surface area contributed by atoms with Crippen molar-refractivity contribution in [1.29, 1.82) is 0 Å². The van der Waals surface area contributed by atoms with E-state index < -0.39 is 5.60 Å². The Morgan fingerprint density at radius 2 is 1.06 bits per heavy atom. The Morgan fingerprint density at radius 3 is 1.35 bits per heavy atom. The summed E-state index contributed by atoms with van der Waals surface area (Å²) >= 11 is 0. The molecule has 0 saturated carbocycles. The van der Waals surface area contributed by atoms with Gasteiger partial charge in [0.05, 0.1) is 0 Å². The Hall–Kier alpha value is -0.544. The van der Waals surface area contributed by atoms with Crippen LogP contribution in [0.25, 0.3) is 0 Å². The molecule has 2 aromatic rings. The Bertz CT molecular complexity index is 387. The zero-order chi connectivity index (χ0) is 10.7. The molecule has 0 spiro atoms. The van der Waals surface area contributed by atoms with Crippen molar-refractivity contribution in [3.63, 3.8) is 0 Å². The predicted octanol–water partition coefficient (Wildman–Crippen LogP) is -1.07. The number of halogens is 1. The van der Waals surface area contributed by atoms with Gasteiger partial charge in [-0.2, -0.15) is 0 Å². The van der Waals surface area contributed by atoms with Crippen LogP contribution in [0.1, 0.15) is 18.1 Å². The zero-order valence-corrected chi connectivity index (χ0v) is 11.9. The van der Waals surface area contributed by atoms with Crippen molar-refractivity contribution in [3.05, 3.63) is 71.8 Å². The van der Waals surface area contributed by atoms with E-state index in [4.69, 9.17) is 0 Å². The second-order valence-electron chi connectivity index (χ2n) is 3.77. The summed E-state index contributed by atoms with van der Waals surface area (Å²) in [5.74, 6) is 0. The molecule has 0 fully saturated rings. The van der Waals surface area contributed by atoms with Gasteiger partial charge in [-0.1, -0.05) is 84.3 Å². The van der Waals surface area contributed by atoms with Gasteiger partial charge in [-0.15, -0.1) is 0 Å². The number of hydrogen-bond donors (Lipinski definition) is 0. The van der Waals surface area contributed by atoms with E-state index in [1.165, 1.54) is 0 Å². The van der Waals surface area contributed by atoms with Crippen LogP contribution in [0.15, 0.2) is 60.7 Å². The van der Waals surface area contributed by atoms with Crippen molar-refractivity contribution >= 4 is 23.1 Å². The minimum absolute atomic E-state index is 0. The third kappa shape index (κ3) is 3.71. The third-order valence-corrected chi connectivity index (χ3v) is 2.65. The quantitative estimate of drug-likeness (QED) is 0.628. The molecule has 0 saturated heterocycles. The van der Waals surface area contributed by atoms with E-state index >= 15 is 0 Å². The monoisotopic (exact) mass is 256 g/mol. The van der Waals surface area contributed by atoms with Gasteiger partial charge in [0.1, 0.15) is 0 Å². The summed E-state index contributed by atoms with van der Waals surface area (Å²) in [5.41, 5.74) is 0.440. The van der Waals surface area contributed by atoms with Gasteiger partial charge in [-0.25, -0.2) is 0 Å². The van der Waals surface area contributed by atoms with Crippen molar-refractivity contribution in [3.8, 4) is 0 Å². The van der Waals surface area contributed by atoms with Gasteiger partial charge < -0.3 is 17.5 Å². The van der Waals surface area contributed by atoms with Gasteiger partial charge >= 0.3 is 23.1 Å². The van der Waals surface area contributed by atoms with Crippen LogP contribution in [0.4, 0.5) is 0 Å². The fraction of sp³-hybridized carbons (Fsp3) is 0.143. The molecule has 0 aromatic heterocycles. The summed E-state index contributed by atoms with van der Waals surface area (Å²) in [4.78, 5) is 0. The molecule has 2 rings (SSSR count). The van der Waals surface area contributed by atoms with E-state index in [0.717, 1.165) is 11.1 Å². The van der Waals surface area contributed by atoms with Crippen LogP contribution >= 0.6 is 0 Å². The first kappa shape index (κ1) is 16.5. The van der Waals surface area contributed by atoms with E-state index in [0.29, 0.717) is 0 Å². The molecule has 0 heterocycles. The molecule has 0 amide bonds. The average molecular weight is 257 g/mol. The normalized spacial score (nSPS) is 10.0. The summed E-state index contributed by atoms with van der Waals surface area (Å²) in [6.07, 6.45) is 0. The van der Waals surface area contributed by atoms with Crippen LogP contribution in [-0.2, 0) is 5.60 Å². The van der Waals surface area contributed by atoms with Gasteiger partial charge in [0, 0.05) is 0 Å². The fourth-order valence-corrected chi connectivity index (χ4v) is 1.68. The van der Waals surface area contributed by atoms with Gasteiger partial charge in [0.15, 0.2) is 0 Å². The summed E-state index contributed by atoms with van der Waals surface area (Å²) in [6, 6.07) is 18.9. The summed E-state index contributed by atoms with van der Waals surface area (Å²) < 4.78 is 0. The van der Waals surface area contributed by atoms with E-state index in [9.17, 15) is 5.11 Å². The number of hydrogen-bond acceptors (Lipinski definition) is 1. The van der Waals surface area contributed by atoms with Gasteiger partial charge in [0.2, 0.25) is 0 Å². The van der Waals surface area contributed by atoms with E-state index in [-0.39, 0.29) is 35.5 Å². The molecule has 17 heavy (non-hydrogen) atoms. The zero-order valence-electron chi connectivity index (χ0n) is 9.77. The Kier molecular flexibility index (Phi) is 6.79. The third-order valence-electron chi connectivity index (χ3n) is 2.65. The molecule has 0 radical (unpaired) electrons. The molecule has 0 aliphatic rings. The molecular weight excluding hydrogens is 244 g/mol. The van der Waals surface area contributed by atoms with Crippen molar-refractivity contribution < 1.29 is 17.5 Å². The molecule has 1 nitrogen and oxygen atoms in total. The van der Waals surface area contributed by atoms with Crippen LogP contribution in [0.2, 0.25) is 0 Å². The molecular formula is C14H13ClMgO. The molecule has 84 valence electrons. The second-order valence-corrected chi connectivity index (χ2v) is 3.77. The smallest absolute Gasteiger partial charge is 1.00 e. The van der Waals surface area contributed by atoms with Crippen molar-refractivity contribution in [2.75, 3.05) is 0 Å². The molecule has 0 aliphatic carbocycles. The minimum Gasteiger partial charge on any atom is -1.00 e. The minimum atomic E-state index is -1.16. The Morgan fingerprint density at radius 1 is 0.765 bits per heavy atom. The summed E-state index contributed by atoms with van der Waals surface area (Å²) in [5, 5.41) is 12.5. The number of benzene rings is 2. The number of rotatable bonds is 2. The molecule has 3 heteroatoms. The van der Waals surface area contributed by atoms with Crippen LogP contribution < -0.4 is 17.5 Å². The van der Waals surface area contributed by atoms with E-state index in [1.807, 2.05) is 60.7 Å². The van der Waals surface area contributed by atoms with Crippen LogP contribution in [0.3, 0.4) is 0 Å². The largest absolute Gasteiger partial charge is 2.00 e. The standard InChI is InChI=1S/C14H13O.ClH.Mg/c1-14(15,12-8-4-2-5-9-12)13-10-6-3-7-11-13;;/h2-11H,1H3;1H;/q-1;;+2/p-1. The van der Waals surface area contributed by atoms with Gasteiger partial charge in [-0.3, -0.25) is 0 Å². The van der Waals surface area contributed by atoms with Crippen LogP contribution in [0.5, 0.6) is 0 Å². The van der Waals surface area contributed by atoms with Crippen LogP contribution in [0, 0.1) is 0 Å². The maximum absolute atomic E-state index is 12.5. The first-order valence-electron chi connectivity index (χ1n) is 5.03.